The minimum Gasteiger partial charge on any atom is -0.496 e. The van der Waals surface area contributed by atoms with Gasteiger partial charge in [0.1, 0.15) is 17.9 Å². The SMILES string of the molecule is COc1ccc(-c2cncc(Cl)c2C)c2ncnc(N)c12. The number of halogens is 1. The second-order valence-corrected chi connectivity index (χ2v) is 5.00. The summed E-state index contributed by atoms with van der Waals surface area (Å²) in [7, 11) is 1.59. The second kappa shape index (κ2) is 5.18. The smallest absolute Gasteiger partial charge is 0.138 e. The van der Waals surface area contributed by atoms with E-state index in [4.69, 9.17) is 22.1 Å². The third-order valence-corrected chi connectivity index (χ3v) is 3.82. The molecule has 3 rings (SSSR count). The molecule has 0 radical (unpaired) electrons. The van der Waals surface area contributed by atoms with Gasteiger partial charge in [-0.05, 0) is 24.6 Å². The number of nitrogens with zero attached hydrogens (tertiary/aromatic N) is 3. The molecule has 3 aromatic rings. The molecule has 0 bridgehead atoms. The van der Waals surface area contributed by atoms with E-state index in [-0.39, 0.29) is 0 Å². The van der Waals surface area contributed by atoms with E-state index in [9.17, 15) is 0 Å². The van der Waals surface area contributed by atoms with Gasteiger partial charge in [-0.3, -0.25) is 4.98 Å². The van der Waals surface area contributed by atoms with Crippen LogP contribution in [0.1, 0.15) is 5.56 Å². The highest BCUT2D eigenvalue weighted by atomic mass is 35.5. The lowest BCUT2D eigenvalue weighted by Gasteiger charge is -2.12. The number of methoxy groups -OCH3 is 1. The molecule has 0 aliphatic heterocycles. The van der Waals surface area contributed by atoms with Crippen LogP contribution in [-0.4, -0.2) is 22.1 Å². The van der Waals surface area contributed by atoms with Gasteiger partial charge in [-0.2, -0.15) is 0 Å². The number of nitrogen functional groups attached to an aromatic ring is 1. The Morgan fingerprint density at radius 3 is 2.71 bits per heavy atom. The summed E-state index contributed by atoms with van der Waals surface area (Å²) in [5.41, 5.74) is 9.44. The molecule has 0 saturated carbocycles. The topological polar surface area (TPSA) is 73.9 Å². The molecule has 0 aliphatic rings. The molecule has 6 heteroatoms. The first kappa shape index (κ1) is 13.6. The number of aromatic nitrogens is 3. The normalized spacial score (nSPS) is 10.8. The maximum Gasteiger partial charge on any atom is 0.138 e. The molecule has 2 heterocycles. The van der Waals surface area contributed by atoms with Crippen molar-refractivity contribution in [2.45, 2.75) is 6.92 Å². The van der Waals surface area contributed by atoms with Crippen LogP contribution in [0, 0.1) is 6.92 Å². The molecule has 106 valence electrons. The van der Waals surface area contributed by atoms with E-state index in [1.165, 1.54) is 6.33 Å². The van der Waals surface area contributed by atoms with Crippen LogP contribution in [0.25, 0.3) is 22.0 Å². The van der Waals surface area contributed by atoms with Gasteiger partial charge in [0.05, 0.1) is 23.0 Å². The first-order chi connectivity index (χ1) is 10.1. The first-order valence-electron chi connectivity index (χ1n) is 6.31. The molecule has 0 unspecified atom stereocenters. The monoisotopic (exact) mass is 300 g/mol. The quantitative estimate of drug-likeness (QED) is 0.786. The molecule has 0 fully saturated rings. The Bertz CT molecular complexity index is 835. The van der Waals surface area contributed by atoms with Crippen LogP contribution in [-0.2, 0) is 0 Å². The van der Waals surface area contributed by atoms with Crippen molar-refractivity contribution in [3.63, 3.8) is 0 Å². The molecule has 21 heavy (non-hydrogen) atoms. The molecule has 0 amide bonds. The van der Waals surface area contributed by atoms with E-state index in [0.717, 1.165) is 16.7 Å². The zero-order chi connectivity index (χ0) is 15.0. The Balaban J connectivity index is 2.40. The number of anilines is 1. The van der Waals surface area contributed by atoms with Gasteiger partial charge in [0.25, 0.3) is 0 Å². The van der Waals surface area contributed by atoms with Gasteiger partial charge in [-0.15, -0.1) is 0 Å². The van der Waals surface area contributed by atoms with E-state index < -0.39 is 0 Å². The highest BCUT2D eigenvalue weighted by Crippen LogP contribution is 2.37. The predicted octanol–water partition coefficient (Wildman–Crippen LogP) is 3.24. The van der Waals surface area contributed by atoms with E-state index in [0.29, 0.717) is 27.5 Å². The minimum atomic E-state index is 0.381. The van der Waals surface area contributed by atoms with Crippen molar-refractivity contribution >= 4 is 28.3 Å². The maximum absolute atomic E-state index is 6.16. The van der Waals surface area contributed by atoms with Gasteiger partial charge in [-0.1, -0.05) is 11.6 Å². The van der Waals surface area contributed by atoms with Crippen LogP contribution >= 0.6 is 11.6 Å². The number of ether oxygens (including phenoxy) is 1. The number of fused-ring (bicyclic) bond motifs is 1. The average molecular weight is 301 g/mol. The fraction of sp³-hybridized carbons (Fsp3) is 0.133. The van der Waals surface area contributed by atoms with Crippen LogP contribution in [0.15, 0.2) is 30.9 Å². The van der Waals surface area contributed by atoms with Gasteiger partial charge < -0.3 is 10.5 Å². The largest absolute Gasteiger partial charge is 0.496 e. The highest BCUT2D eigenvalue weighted by molar-refractivity contribution is 6.31. The molecular formula is C15H13ClN4O. The van der Waals surface area contributed by atoms with Gasteiger partial charge in [0.15, 0.2) is 0 Å². The first-order valence-corrected chi connectivity index (χ1v) is 6.69. The van der Waals surface area contributed by atoms with Gasteiger partial charge in [-0.25, -0.2) is 9.97 Å². The molecule has 5 nitrogen and oxygen atoms in total. The Labute approximate surface area is 126 Å². The molecule has 0 aliphatic carbocycles. The van der Waals surface area contributed by atoms with Gasteiger partial charge in [0, 0.05) is 23.5 Å². The predicted molar refractivity (Wildman–Crippen MR) is 83.5 cm³/mol. The van der Waals surface area contributed by atoms with Crippen molar-refractivity contribution in [3.8, 4) is 16.9 Å². The van der Waals surface area contributed by atoms with Crippen molar-refractivity contribution in [2.24, 2.45) is 0 Å². The van der Waals surface area contributed by atoms with Gasteiger partial charge >= 0.3 is 0 Å². The van der Waals surface area contributed by atoms with Crippen molar-refractivity contribution in [1.29, 1.82) is 0 Å². The number of pyridine rings is 1. The summed E-state index contributed by atoms with van der Waals surface area (Å²) < 4.78 is 5.35. The average Bonchev–Trinajstić information content (AvgIpc) is 2.49. The Morgan fingerprint density at radius 2 is 1.95 bits per heavy atom. The number of rotatable bonds is 2. The van der Waals surface area contributed by atoms with E-state index in [1.807, 2.05) is 19.1 Å². The maximum atomic E-state index is 6.16. The van der Waals surface area contributed by atoms with Crippen molar-refractivity contribution in [3.05, 3.63) is 41.4 Å². The molecule has 2 aromatic heterocycles. The number of hydrogen-bond acceptors (Lipinski definition) is 5. The van der Waals surface area contributed by atoms with E-state index in [2.05, 4.69) is 15.0 Å². The third-order valence-electron chi connectivity index (χ3n) is 3.44. The molecule has 0 spiro atoms. The highest BCUT2D eigenvalue weighted by Gasteiger charge is 2.15. The molecule has 1 aromatic carbocycles. The minimum absolute atomic E-state index is 0.381. The zero-order valence-electron chi connectivity index (χ0n) is 11.6. The molecule has 2 N–H and O–H groups in total. The molecule has 0 atom stereocenters. The Hall–Kier alpha value is -2.40. The van der Waals surface area contributed by atoms with Gasteiger partial charge in [0.2, 0.25) is 0 Å². The van der Waals surface area contributed by atoms with Crippen LogP contribution in [0.4, 0.5) is 5.82 Å². The van der Waals surface area contributed by atoms with E-state index in [1.54, 1.807) is 19.5 Å². The van der Waals surface area contributed by atoms with Crippen molar-refractivity contribution < 1.29 is 4.74 Å². The summed E-state index contributed by atoms with van der Waals surface area (Å²) >= 11 is 6.16. The lowest BCUT2D eigenvalue weighted by atomic mass is 9.99. The van der Waals surface area contributed by atoms with Crippen molar-refractivity contribution in [2.75, 3.05) is 12.8 Å². The lowest BCUT2D eigenvalue weighted by Crippen LogP contribution is -1.98. The molecule has 0 saturated heterocycles. The van der Waals surface area contributed by atoms with Crippen LogP contribution < -0.4 is 10.5 Å². The lowest BCUT2D eigenvalue weighted by molar-refractivity contribution is 0.420. The van der Waals surface area contributed by atoms with Crippen LogP contribution in [0.2, 0.25) is 5.02 Å². The summed E-state index contributed by atoms with van der Waals surface area (Å²) in [5, 5.41) is 1.30. The standard InChI is InChI=1S/C15H13ClN4O/c1-8-10(5-18-6-11(8)16)9-3-4-12(21-2)13-14(9)19-7-20-15(13)17/h3-7H,1-2H3,(H2,17,19,20). The fourth-order valence-corrected chi connectivity index (χ4v) is 2.48. The van der Waals surface area contributed by atoms with E-state index >= 15 is 0 Å². The number of nitrogens with two attached hydrogens (primary N) is 1. The van der Waals surface area contributed by atoms with Crippen LogP contribution in [0.3, 0.4) is 0 Å². The summed E-state index contributed by atoms with van der Waals surface area (Å²) in [6.07, 6.45) is 4.82. The van der Waals surface area contributed by atoms with Crippen molar-refractivity contribution in [1.82, 2.24) is 15.0 Å². The fourth-order valence-electron chi connectivity index (χ4n) is 2.33. The second-order valence-electron chi connectivity index (χ2n) is 4.59. The van der Waals surface area contributed by atoms with Crippen LogP contribution in [0.5, 0.6) is 5.75 Å². The molecular weight excluding hydrogens is 288 g/mol. The summed E-state index contributed by atoms with van der Waals surface area (Å²) in [6.45, 7) is 1.94. The Morgan fingerprint density at radius 1 is 1.14 bits per heavy atom. The summed E-state index contributed by atoms with van der Waals surface area (Å²) in [4.78, 5) is 12.5. The summed E-state index contributed by atoms with van der Waals surface area (Å²) in [5.74, 6) is 1.02. The Kier molecular flexibility index (Phi) is 3.35. The summed E-state index contributed by atoms with van der Waals surface area (Å²) in [6, 6.07) is 3.77. The number of benzene rings is 1. The number of hydrogen-bond donors (Lipinski definition) is 1. The third kappa shape index (κ3) is 2.15. The zero-order valence-corrected chi connectivity index (χ0v) is 12.3.